The molecule has 0 bridgehead atoms. The van der Waals surface area contributed by atoms with E-state index in [2.05, 4.69) is 63.3 Å². The van der Waals surface area contributed by atoms with Gasteiger partial charge in [0, 0.05) is 31.1 Å². The average molecular weight is 290 g/mol. The zero-order valence-electron chi connectivity index (χ0n) is 14.2. The fourth-order valence-electron chi connectivity index (χ4n) is 2.89. The highest BCUT2D eigenvalue weighted by atomic mass is 16.5. The van der Waals surface area contributed by atoms with E-state index < -0.39 is 0 Å². The fraction of sp³-hybridized carbons (Fsp3) is 0.667. The van der Waals surface area contributed by atoms with Crippen molar-refractivity contribution in [2.75, 3.05) is 27.2 Å². The molecule has 3 heteroatoms. The van der Waals surface area contributed by atoms with E-state index in [-0.39, 0.29) is 5.60 Å². The lowest BCUT2D eigenvalue weighted by Crippen LogP contribution is -2.42. The molecule has 2 atom stereocenters. The molecule has 1 aliphatic rings. The van der Waals surface area contributed by atoms with Crippen molar-refractivity contribution in [2.45, 2.75) is 51.7 Å². The lowest BCUT2D eigenvalue weighted by molar-refractivity contribution is 0.0440. The molecule has 0 aliphatic carbocycles. The molecule has 1 N–H and O–H groups in total. The van der Waals surface area contributed by atoms with Gasteiger partial charge in [0.25, 0.3) is 0 Å². The first-order chi connectivity index (χ1) is 9.97. The Morgan fingerprint density at radius 2 is 2.10 bits per heavy atom. The van der Waals surface area contributed by atoms with Gasteiger partial charge in [0.15, 0.2) is 0 Å². The van der Waals surface area contributed by atoms with Gasteiger partial charge in [0.1, 0.15) is 11.4 Å². The lowest BCUT2D eigenvalue weighted by Gasteiger charge is -2.40. The Morgan fingerprint density at radius 3 is 2.71 bits per heavy atom. The minimum atomic E-state index is -0.0590. The van der Waals surface area contributed by atoms with Gasteiger partial charge >= 0.3 is 0 Å². The van der Waals surface area contributed by atoms with Gasteiger partial charge in [-0.2, -0.15) is 0 Å². The number of nitrogens with one attached hydrogen (secondary N) is 1. The molecule has 1 aliphatic heterocycles. The Bertz CT molecular complexity index is 472. The van der Waals surface area contributed by atoms with E-state index in [9.17, 15) is 0 Å². The average Bonchev–Trinajstić information content (AvgIpc) is 2.46. The van der Waals surface area contributed by atoms with Crippen molar-refractivity contribution in [3.8, 4) is 5.75 Å². The van der Waals surface area contributed by atoms with Gasteiger partial charge in [-0.1, -0.05) is 26.0 Å². The van der Waals surface area contributed by atoms with Gasteiger partial charge < -0.3 is 15.0 Å². The van der Waals surface area contributed by atoms with Crippen LogP contribution in [0.15, 0.2) is 18.2 Å². The van der Waals surface area contributed by atoms with Gasteiger partial charge in [0.2, 0.25) is 0 Å². The summed E-state index contributed by atoms with van der Waals surface area (Å²) < 4.78 is 6.28. The summed E-state index contributed by atoms with van der Waals surface area (Å²) in [5.41, 5.74) is 2.66. The normalized spacial score (nSPS) is 24.8. The summed E-state index contributed by atoms with van der Waals surface area (Å²) in [5.74, 6) is 1.06. The number of hydrogen-bond acceptors (Lipinski definition) is 3. The zero-order chi connectivity index (χ0) is 15.5. The highest BCUT2D eigenvalue weighted by Gasteiger charge is 2.35. The van der Waals surface area contributed by atoms with Gasteiger partial charge in [-0.25, -0.2) is 0 Å². The first kappa shape index (κ1) is 16.3. The van der Waals surface area contributed by atoms with Crippen molar-refractivity contribution in [1.29, 1.82) is 0 Å². The topological polar surface area (TPSA) is 24.5 Å². The summed E-state index contributed by atoms with van der Waals surface area (Å²) in [6.07, 6.45) is 3.15. The Labute approximate surface area is 129 Å². The molecule has 118 valence electrons. The maximum atomic E-state index is 6.28. The third kappa shape index (κ3) is 3.98. The molecule has 21 heavy (non-hydrogen) atoms. The first-order valence-electron chi connectivity index (χ1n) is 8.17. The number of rotatable bonds is 6. The fourth-order valence-corrected chi connectivity index (χ4v) is 2.89. The van der Waals surface area contributed by atoms with Gasteiger partial charge in [-0.15, -0.1) is 0 Å². The summed E-state index contributed by atoms with van der Waals surface area (Å²) in [4.78, 5) is 2.22. The van der Waals surface area contributed by atoms with Crippen molar-refractivity contribution >= 4 is 0 Å². The van der Waals surface area contributed by atoms with Gasteiger partial charge in [-0.3, -0.25) is 0 Å². The monoisotopic (exact) mass is 290 g/mol. The van der Waals surface area contributed by atoms with E-state index in [1.54, 1.807) is 0 Å². The standard InChI is InChI=1S/C18H30N2O/c1-6-14-8-9-17-15(12-14)16(19-10-11-20(4)5)13-18(3,7-2)21-17/h8-9,12,16,19H,6-7,10-11,13H2,1-5H3. The SMILES string of the molecule is CCc1ccc2c(c1)C(NCCN(C)C)CC(C)(CC)O2. The summed E-state index contributed by atoms with van der Waals surface area (Å²) in [5, 5.41) is 3.73. The van der Waals surface area contributed by atoms with Gasteiger partial charge in [-0.05, 0) is 45.5 Å². The van der Waals surface area contributed by atoms with E-state index in [0.29, 0.717) is 6.04 Å². The van der Waals surface area contributed by atoms with E-state index in [1.165, 1.54) is 11.1 Å². The number of aryl methyl sites for hydroxylation is 1. The van der Waals surface area contributed by atoms with Crippen LogP contribution in [0, 0.1) is 0 Å². The van der Waals surface area contributed by atoms with Gasteiger partial charge in [0.05, 0.1) is 0 Å². The van der Waals surface area contributed by atoms with E-state index in [0.717, 1.165) is 38.1 Å². The first-order valence-corrected chi connectivity index (χ1v) is 8.17. The molecule has 2 rings (SSSR count). The molecule has 0 fully saturated rings. The molecule has 2 unspecified atom stereocenters. The Kier molecular flexibility index (Phi) is 5.28. The van der Waals surface area contributed by atoms with Crippen molar-refractivity contribution in [3.63, 3.8) is 0 Å². The van der Waals surface area contributed by atoms with E-state index in [1.807, 2.05) is 0 Å². The minimum Gasteiger partial charge on any atom is -0.487 e. The number of ether oxygens (including phenoxy) is 1. The molecule has 1 aromatic rings. The number of hydrogen-bond donors (Lipinski definition) is 1. The van der Waals surface area contributed by atoms with Crippen LogP contribution in [0.25, 0.3) is 0 Å². The third-order valence-corrected chi connectivity index (χ3v) is 4.55. The number of nitrogens with zero attached hydrogens (tertiary/aromatic N) is 1. The van der Waals surface area contributed by atoms with Crippen LogP contribution < -0.4 is 10.1 Å². The largest absolute Gasteiger partial charge is 0.487 e. The predicted octanol–water partition coefficient (Wildman–Crippen LogP) is 3.39. The van der Waals surface area contributed by atoms with Crippen LogP contribution in [0.4, 0.5) is 0 Å². The smallest absolute Gasteiger partial charge is 0.124 e. The van der Waals surface area contributed by atoms with Crippen LogP contribution in [0.3, 0.4) is 0 Å². The predicted molar refractivity (Wildman–Crippen MR) is 89.1 cm³/mol. The van der Waals surface area contributed by atoms with Crippen LogP contribution in [0.1, 0.15) is 50.8 Å². The minimum absolute atomic E-state index is 0.0590. The highest BCUT2D eigenvalue weighted by molar-refractivity contribution is 5.42. The summed E-state index contributed by atoms with van der Waals surface area (Å²) >= 11 is 0. The van der Waals surface area contributed by atoms with E-state index >= 15 is 0 Å². The summed E-state index contributed by atoms with van der Waals surface area (Å²) in [6, 6.07) is 7.06. The Morgan fingerprint density at radius 1 is 1.33 bits per heavy atom. The van der Waals surface area contributed by atoms with Crippen LogP contribution >= 0.6 is 0 Å². The molecule has 0 radical (unpaired) electrons. The number of fused-ring (bicyclic) bond motifs is 1. The van der Waals surface area contributed by atoms with Crippen LogP contribution in [-0.2, 0) is 6.42 Å². The lowest BCUT2D eigenvalue weighted by atomic mass is 9.86. The Balaban J connectivity index is 2.21. The molecule has 0 saturated carbocycles. The molecular weight excluding hydrogens is 260 g/mol. The summed E-state index contributed by atoms with van der Waals surface area (Å²) in [7, 11) is 4.23. The quantitative estimate of drug-likeness (QED) is 0.869. The molecular formula is C18H30N2O. The van der Waals surface area contributed by atoms with E-state index in [4.69, 9.17) is 4.74 Å². The number of benzene rings is 1. The zero-order valence-corrected chi connectivity index (χ0v) is 14.2. The molecule has 1 heterocycles. The Hall–Kier alpha value is -1.06. The molecule has 0 aromatic heterocycles. The summed E-state index contributed by atoms with van der Waals surface area (Å²) in [6.45, 7) is 8.71. The van der Waals surface area contributed by atoms with Crippen molar-refractivity contribution in [3.05, 3.63) is 29.3 Å². The maximum Gasteiger partial charge on any atom is 0.124 e. The van der Waals surface area contributed by atoms with Crippen LogP contribution in [0.2, 0.25) is 0 Å². The second kappa shape index (κ2) is 6.80. The maximum absolute atomic E-state index is 6.28. The molecule has 3 nitrogen and oxygen atoms in total. The highest BCUT2D eigenvalue weighted by Crippen LogP contribution is 2.41. The second-order valence-electron chi connectivity index (χ2n) is 6.65. The van der Waals surface area contributed by atoms with Crippen molar-refractivity contribution in [2.24, 2.45) is 0 Å². The van der Waals surface area contributed by atoms with Crippen molar-refractivity contribution in [1.82, 2.24) is 10.2 Å². The molecule has 1 aromatic carbocycles. The van der Waals surface area contributed by atoms with Crippen LogP contribution in [0.5, 0.6) is 5.75 Å². The van der Waals surface area contributed by atoms with Crippen LogP contribution in [-0.4, -0.2) is 37.7 Å². The molecule has 0 spiro atoms. The third-order valence-electron chi connectivity index (χ3n) is 4.55. The van der Waals surface area contributed by atoms with Crippen molar-refractivity contribution < 1.29 is 4.74 Å². The molecule has 0 saturated heterocycles. The number of likely N-dealkylation sites (N-methyl/N-ethyl adjacent to an activating group) is 1. The molecule has 0 amide bonds. The second-order valence-corrected chi connectivity index (χ2v) is 6.65.